The zero-order valence-electron chi connectivity index (χ0n) is 13.5. The van der Waals surface area contributed by atoms with Crippen molar-refractivity contribution >= 4 is 11.8 Å². The lowest BCUT2D eigenvalue weighted by molar-refractivity contribution is -0.135. The first-order chi connectivity index (χ1) is 11.2. The van der Waals surface area contributed by atoms with E-state index < -0.39 is 0 Å². The minimum atomic E-state index is -0.0238. The number of hydrogen-bond donors (Lipinski definition) is 2. The molecule has 1 atom stereocenters. The standard InChI is InChI=1S/C18H25N3O2/c22-17(14-6-2-1-3-7-14)20-15-9-12-21(13-10-15)18(23)16-8-4-5-11-19-16/h1-3,6-7,15-16,19H,4-5,8-13H2,(H,20,22). The van der Waals surface area contributed by atoms with Crippen molar-refractivity contribution in [1.82, 2.24) is 15.5 Å². The molecule has 124 valence electrons. The summed E-state index contributed by atoms with van der Waals surface area (Å²) < 4.78 is 0. The molecule has 2 fully saturated rings. The number of piperidine rings is 2. The number of hydrogen-bond acceptors (Lipinski definition) is 3. The molecule has 3 rings (SSSR count). The van der Waals surface area contributed by atoms with Crippen LogP contribution in [0.25, 0.3) is 0 Å². The summed E-state index contributed by atoms with van der Waals surface area (Å²) in [5.41, 5.74) is 0.692. The van der Waals surface area contributed by atoms with E-state index >= 15 is 0 Å². The van der Waals surface area contributed by atoms with Crippen molar-refractivity contribution < 1.29 is 9.59 Å². The predicted octanol–water partition coefficient (Wildman–Crippen LogP) is 1.55. The number of nitrogens with zero attached hydrogens (tertiary/aromatic N) is 1. The molecule has 0 saturated carbocycles. The highest BCUT2D eigenvalue weighted by Gasteiger charge is 2.29. The van der Waals surface area contributed by atoms with Crippen molar-refractivity contribution in [3.05, 3.63) is 35.9 Å². The van der Waals surface area contributed by atoms with E-state index in [1.165, 1.54) is 0 Å². The van der Waals surface area contributed by atoms with Crippen LogP contribution < -0.4 is 10.6 Å². The van der Waals surface area contributed by atoms with Gasteiger partial charge in [0.15, 0.2) is 0 Å². The molecule has 2 heterocycles. The lowest BCUT2D eigenvalue weighted by atomic mass is 10.00. The molecular weight excluding hydrogens is 290 g/mol. The van der Waals surface area contributed by atoms with Gasteiger partial charge in [0.25, 0.3) is 5.91 Å². The third kappa shape index (κ3) is 4.10. The summed E-state index contributed by atoms with van der Waals surface area (Å²) in [5, 5.41) is 6.40. The maximum absolute atomic E-state index is 12.5. The molecule has 1 aromatic rings. The summed E-state index contributed by atoms with van der Waals surface area (Å²) in [6, 6.07) is 9.44. The van der Waals surface area contributed by atoms with E-state index in [-0.39, 0.29) is 23.9 Å². The Bertz CT molecular complexity index is 532. The van der Waals surface area contributed by atoms with Crippen LogP contribution >= 0.6 is 0 Å². The smallest absolute Gasteiger partial charge is 0.251 e. The summed E-state index contributed by atoms with van der Waals surface area (Å²) in [6.45, 7) is 2.41. The van der Waals surface area contributed by atoms with Gasteiger partial charge in [-0.15, -0.1) is 0 Å². The van der Waals surface area contributed by atoms with Gasteiger partial charge >= 0.3 is 0 Å². The SMILES string of the molecule is O=C(NC1CCN(C(=O)C2CCCCN2)CC1)c1ccccc1. The highest BCUT2D eigenvalue weighted by atomic mass is 16.2. The molecule has 0 bridgehead atoms. The Kier molecular flexibility index (Phi) is 5.28. The Hall–Kier alpha value is -1.88. The fourth-order valence-corrected chi connectivity index (χ4v) is 3.39. The third-order valence-corrected chi connectivity index (χ3v) is 4.79. The maximum atomic E-state index is 12.5. The van der Waals surface area contributed by atoms with Gasteiger partial charge in [0.1, 0.15) is 0 Å². The quantitative estimate of drug-likeness (QED) is 0.890. The normalized spacial score (nSPS) is 22.6. The molecule has 0 aromatic heterocycles. The van der Waals surface area contributed by atoms with E-state index in [0.29, 0.717) is 5.56 Å². The van der Waals surface area contributed by atoms with E-state index in [2.05, 4.69) is 10.6 Å². The van der Waals surface area contributed by atoms with E-state index in [1.807, 2.05) is 35.2 Å². The van der Waals surface area contributed by atoms with Gasteiger partial charge in [-0.25, -0.2) is 0 Å². The second-order valence-electron chi connectivity index (χ2n) is 6.44. The summed E-state index contributed by atoms with van der Waals surface area (Å²) in [5.74, 6) is 0.210. The second kappa shape index (κ2) is 7.59. The molecule has 0 radical (unpaired) electrons. The first-order valence-electron chi connectivity index (χ1n) is 8.62. The molecule has 5 nitrogen and oxygen atoms in total. The van der Waals surface area contributed by atoms with Crippen LogP contribution in [0.2, 0.25) is 0 Å². The zero-order chi connectivity index (χ0) is 16.1. The number of benzene rings is 1. The molecule has 0 spiro atoms. The fourth-order valence-electron chi connectivity index (χ4n) is 3.39. The van der Waals surface area contributed by atoms with Crippen molar-refractivity contribution in [3.8, 4) is 0 Å². The van der Waals surface area contributed by atoms with E-state index in [9.17, 15) is 9.59 Å². The molecule has 1 aromatic carbocycles. The summed E-state index contributed by atoms with van der Waals surface area (Å²) in [7, 11) is 0. The van der Waals surface area contributed by atoms with Crippen molar-refractivity contribution in [2.45, 2.75) is 44.2 Å². The van der Waals surface area contributed by atoms with Gasteiger partial charge in [-0.2, -0.15) is 0 Å². The van der Waals surface area contributed by atoms with Gasteiger partial charge in [0.05, 0.1) is 6.04 Å². The van der Waals surface area contributed by atoms with Crippen LogP contribution in [0.5, 0.6) is 0 Å². The molecule has 2 N–H and O–H groups in total. The Morgan fingerprint density at radius 2 is 1.78 bits per heavy atom. The van der Waals surface area contributed by atoms with Gasteiger partial charge in [0.2, 0.25) is 5.91 Å². The molecule has 2 aliphatic heterocycles. The monoisotopic (exact) mass is 315 g/mol. The molecule has 0 aliphatic carbocycles. The van der Waals surface area contributed by atoms with Crippen LogP contribution in [0.1, 0.15) is 42.5 Å². The van der Waals surface area contributed by atoms with Crippen LogP contribution in [-0.4, -0.2) is 48.4 Å². The van der Waals surface area contributed by atoms with Gasteiger partial charge < -0.3 is 15.5 Å². The van der Waals surface area contributed by atoms with Crippen molar-refractivity contribution in [1.29, 1.82) is 0 Å². The van der Waals surface area contributed by atoms with Crippen molar-refractivity contribution in [3.63, 3.8) is 0 Å². The van der Waals surface area contributed by atoms with Crippen molar-refractivity contribution in [2.75, 3.05) is 19.6 Å². The van der Waals surface area contributed by atoms with Crippen molar-refractivity contribution in [2.24, 2.45) is 0 Å². The number of rotatable bonds is 3. The second-order valence-corrected chi connectivity index (χ2v) is 6.44. The maximum Gasteiger partial charge on any atom is 0.251 e. The molecule has 1 unspecified atom stereocenters. The van der Waals surface area contributed by atoms with Crippen LogP contribution in [0, 0.1) is 0 Å². The average molecular weight is 315 g/mol. The van der Waals surface area contributed by atoms with Crippen LogP contribution in [0.3, 0.4) is 0 Å². The van der Waals surface area contributed by atoms with E-state index in [4.69, 9.17) is 0 Å². The Balaban J connectivity index is 1.46. The van der Waals surface area contributed by atoms with E-state index in [1.54, 1.807) is 0 Å². The molecule has 5 heteroatoms. The third-order valence-electron chi connectivity index (χ3n) is 4.79. The molecule has 2 saturated heterocycles. The fraction of sp³-hybridized carbons (Fsp3) is 0.556. The predicted molar refractivity (Wildman–Crippen MR) is 89.2 cm³/mol. The molecule has 2 amide bonds. The average Bonchev–Trinajstić information content (AvgIpc) is 2.63. The van der Waals surface area contributed by atoms with Gasteiger partial charge in [-0.05, 0) is 44.4 Å². The molecule has 2 aliphatic rings. The Labute approximate surface area is 137 Å². The minimum absolute atomic E-state index is 0.000732. The number of carbonyl (C=O) groups is 2. The lowest BCUT2D eigenvalue weighted by Gasteiger charge is -2.35. The molecular formula is C18H25N3O2. The largest absolute Gasteiger partial charge is 0.349 e. The first-order valence-corrected chi connectivity index (χ1v) is 8.62. The Morgan fingerprint density at radius 1 is 1.04 bits per heavy atom. The van der Waals surface area contributed by atoms with Gasteiger partial charge in [0, 0.05) is 24.7 Å². The summed E-state index contributed by atoms with van der Waals surface area (Å²) in [4.78, 5) is 26.6. The number of amides is 2. The zero-order valence-corrected chi connectivity index (χ0v) is 13.5. The van der Waals surface area contributed by atoms with Crippen LogP contribution in [0.4, 0.5) is 0 Å². The minimum Gasteiger partial charge on any atom is -0.349 e. The highest BCUT2D eigenvalue weighted by Crippen LogP contribution is 2.16. The number of likely N-dealkylation sites (tertiary alicyclic amines) is 1. The molecule has 23 heavy (non-hydrogen) atoms. The summed E-state index contributed by atoms with van der Waals surface area (Å²) in [6.07, 6.45) is 4.90. The Morgan fingerprint density at radius 3 is 2.43 bits per heavy atom. The van der Waals surface area contributed by atoms with E-state index in [0.717, 1.165) is 51.7 Å². The highest BCUT2D eigenvalue weighted by molar-refractivity contribution is 5.94. The first kappa shape index (κ1) is 16.0. The van der Waals surface area contributed by atoms with Crippen LogP contribution in [0.15, 0.2) is 30.3 Å². The number of nitrogens with one attached hydrogen (secondary N) is 2. The topological polar surface area (TPSA) is 61.4 Å². The van der Waals surface area contributed by atoms with Crippen LogP contribution in [-0.2, 0) is 4.79 Å². The van der Waals surface area contributed by atoms with Gasteiger partial charge in [-0.1, -0.05) is 24.6 Å². The summed E-state index contributed by atoms with van der Waals surface area (Å²) >= 11 is 0. The number of carbonyl (C=O) groups excluding carboxylic acids is 2. The lowest BCUT2D eigenvalue weighted by Crippen LogP contribution is -2.53. The van der Waals surface area contributed by atoms with Gasteiger partial charge in [-0.3, -0.25) is 9.59 Å².